The average molecular weight is 630 g/mol. The molecule has 1 saturated carbocycles. The molecule has 0 amide bonds. The first-order chi connectivity index (χ1) is 19.0. The number of nitrogen functional groups attached to an aromatic ring is 1. The van der Waals surface area contributed by atoms with Crippen molar-refractivity contribution in [1.29, 1.82) is 0 Å². The lowest BCUT2D eigenvalue weighted by atomic mass is 9.70. The van der Waals surface area contributed by atoms with Crippen LogP contribution in [0.1, 0.15) is 12.5 Å². The van der Waals surface area contributed by atoms with Gasteiger partial charge >= 0.3 is 15.6 Å². The predicted octanol–water partition coefficient (Wildman–Crippen LogP) is 5.28. The number of hydrogen-bond donors (Lipinski definition) is 3. The zero-order chi connectivity index (χ0) is 28.5. The van der Waals surface area contributed by atoms with Crippen LogP contribution in [0.5, 0.6) is 11.5 Å². The number of phosphoric acid groups is 2. The first-order valence-electron chi connectivity index (χ1n) is 11.8. The average Bonchev–Trinajstić information content (AvgIpc) is 3.27. The van der Waals surface area contributed by atoms with Gasteiger partial charge in [0.2, 0.25) is 0 Å². The molecule has 0 bridgehead atoms. The van der Waals surface area contributed by atoms with Crippen molar-refractivity contribution in [2.75, 3.05) is 18.9 Å². The second kappa shape index (κ2) is 11.6. The van der Waals surface area contributed by atoms with E-state index in [9.17, 15) is 18.9 Å². The number of aromatic nitrogens is 4. The van der Waals surface area contributed by atoms with Gasteiger partial charge in [0.05, 0.1) is 19.5 Å². The second-order valence-corrected chi connectivity index (χ2v) is 12.6. The number of nitrogens with zero attached hydrogens (tertiary/aromatic N) is 4. The lowest BCUT2D eigenvalue weighted by Crippen LogP contribution is -2.43. The topological polar surface area (TPSA) is 181 Å². The fraction of sp³-hybridized carbons (Fsp3) is 0.261. The molecule has 1 aliphatic carbocycles. The summed E-state index contributed by atoms with van der Waals surface area (Å²) in [5.41, 5.74) is 6.77. The summed E-state index contributed by atoms with van der Waals surface area (Å²) in [5.74, 6) is -0.550. The Hall–Kier alpha value is -2.73. The Balaban J connectivity index is 1.31. The zero-order valence-corrected chi connectivity index (χ0v) is 23.8. The van der Waals surface area contributed by atoms with Gasteiger partial charge in [-0.1, -0.05) is 35.3 Å². The number of benzene rings is 2. The van der Waals surface area contributed by atoms with Gasteiger partial charge < -0.3 is 19.3 Å². The van der Waals surface area contributed by atoms with E-state index < -0.39 is 21.6 Å². The van der Waals surface area contributed by atoms with Crippen molar-refractivity contribution in [3.63, 3.8) is 0 Å². The van der Waals surface area contributed by atoms with E-state index in [1.54, 1.807) is 28.8 Å². The molecule has 5 unspecified atom stereocenters. The molecule has 2 heterocycles. The van der Waals surface area contributed by atoms with Gasteiger partial charge in [-0.3, -0.25) is 18.8 Å². The van der Waals surface area contributed by atoms with Crippen LogP contribution in [0.15, 0.2) is 61.2 Å². The molecule has 2 aromatic heterocycles. The van der Waals surface area contributed by atoms with Gasteiger partial charge in [0, 0.05) is 22.0 Å². The van der Waals surface area contributed by atoms with Gasteiger partial charge in [-0.15, -0.1) is 0 Å². The van der Waals surface area contributed by atoms with Crippen LogP contribution >= 0.6 is 38.8 Å². The van der Waals surface area contributed by atoms with E-state index >= 15 is 0 Å². The fourth-order valence-electron chi connectivity index (χ4n) is 4.39. The highest BCUT2D eigenvalue weighted by atomic mass is 35.5. The maximum Gasteiger partial charge on any atom is 0.527 e. The van der Waals surface area contributed by atoms with E-state index in [1.807, 2.05) is 0 Å². The number of anilines is 1. The summed E-state index contributed by atoms with van der Waals surface area (Å²) in [6, 6.07) is 11.6. The minimum absolute atomic E-state index is 0.0514. The molecule has 4 N–H and O–H groups in total. The number of fused-ring (bicyclic) bond motifs is 1. The molecule has 13 nitrogen and oxygen atoms in total. The number of halogens is 2. The molecule has 0 radical (unpaired) electrons. The Kier molecular flexibility index (Phi) is 8.37. The van der Waals surface area contributed by atoms with E-state index in [0.29, 0.717) is 27.6 Å². The highest BCUT2D eigenvalue weighted by Gasteiger charge is 2.45. The third-order valence-corrected chi connectivity index (χ3v) is 8.61. The van der Waals surface area contributed by atoms with Crippen molar-refractivity contribution in [3.05, 3.63) is 71.2 Å². The van der Waals surface area contributed by atoms with Gasteiger partial charge in [0.1, 0.15) is 23.3 Å². The number of phosphoric ester groups is 2. The van der Waals surface area contributed by atoms with Crippen molar-refractivity contribution in [2.24, 2.45) is 11.8 Å². The monoisotopic (exact) mass is 629 g/mol. The molecule has 40 heavy (non-hydrogen) atoms. The van der Waals surface area contributed by atoms with E-state index in [1.165, 1.54) is 36.9 Å². The molecule has 5 rings (SSSR count). The summed E-state index contributed by atoms with van der Waals surface area (Å²) in [6.45, 7) is -0.480. The van der Waals surface area contributed by atoms with Crippen molar-refractivity contribution in [2.45, 2.75) is 12.5 Å². The van der Waals surface area contributed by atoms with Crippen molar-refractivity contribution in [3.8, 4) is 11.5 Å². The zero-order valence-electron chi connectivity index (χ0n) is 20.5. The summed E-state index contributed by atoms with van der Waals surface area (Å²) in [4.78, 5) is 33.1. The molecule has 2 aromatic carbocycles. The number of rotatable bonds is 11. The summed E-state index contributed by atoms with van der Waals surface area (Å²) in [6.07, 6.45) is 3.27. The van der Waals surface area contributed by atoms with Crippen molar-refractivity contribution in [1.82, 2.24) is 19.5 Å². The molecular weight excluding hydrogens is 607 g/mol. The van der Waals surface area contributed by atoms with Crippen LogP contribution in [-0.2, 0) is 18.2 Å². The Morgan fingerprint density at radius 3 is 2.12 bits per heavy atom. The van der Waals surface area contributed by atoms with E-state index in [0.717, 1.165) is 0 Å². The predicted molar refractivity (Wildman–Crippen MR) is 146 cm³/mol. The quantitative estimate of drug-likeness (QED) is 0.183. The summed E-state index contributed by atoms with van der Waals surface area (Å²) >= 11 is 11.8. The minimum Gasteiger partial charge on any atom is -0.404 e. The molecule has 212 valence electrons. The Bertz CT molecular complexity index is 1630. The van der Waals surface area contributed by atoms with Crippen LogP contribution in [0.2, 0.25) is 10.0 Å². The first-order valence-corrected chi connectivity index (χ1v) is 15.5. The van der Waals surface area contributed by atoms with E-state index in [-0.39, 0.29) is 42.5 Å². The van der Waals surface area contributed by atoms with E-state index in [2.05, 4.69) is 15.0 Å². The normalized spacial score (nSPS) is 21.8. The Morgan fingerprint density at radius 1 is 0.925 bits per heavy atom. The van der Waals surface area contributed by atoms with Crippen LogP contribution < -0.4 is 14.8 Å². The first kappa shape index (κ1) is 28.8. The summed E-state index contributed by atoms with van der Waals surface area (Å²) in [5, 5.41) is 0.637. The van der Waals surface area contributed by atoms with Crippen LogP contribution in [0.4, 0.5) is 5.82 Å². The third-order valence-electron chi connectivity index (χ3n) is 6.30. The van der Waals surface area contributed by atoms with Gasteiger partial charge in [-0.2, -0.15) is 0 Å². The molecule has 17 heteroatoms. The summed E-state index contributed by atoms with van der Waals surface area (Å²) in [7, 11) is -9.09. The van der Waals surface area contributed by atoms with Gasteiger partial charge in [-0.05, 0) is 48.7 Å². The SMILES string of the molecule is Nc1ncnc2c1ncn2C1CC(COP(=O)(O)Oc2cccc(Cl)c2)C1COP(=O)(O)Oc1cccc(Cl)c1. The number of imidazole rings is 1. The molecule has 4 aromatic rings. The highest BCUT2D eigenvalue weighted by molar-refractivity contribution is 7.48. The Labute approximate surface area is 238 Å². The highest BCUT2D eigenvalue weighted by Crippen LogP contribution is 2.52. The van der Waals surface area contributed by atoms with Crippen LogP contribution in [0.3, 0.4) is 0 Å². The molecule has 1 fully saturated rings. The van der Waals surface area contributed by atoms with Crippen LogP contribution in [0.25, 0.3) is 11.2 Å². The van der Waals surface area contributed by atoms with Gasteiger partial charge in [0.15, 0.2) is 11.5 Å². The lowest BCUT2D eigenvalue weighted by molar-refractivity contribution is -0.00444. The molecule has 0 saturated heterocycles. The largest absolute Gasteiger partial charge is 0.527 e. The maximum absolute atomic E-state index is 12.7. The molecule has 0 spiro atoms. The number of hydrogen-bond acceptors (Lipinski definition) is 10. The van der Waals surface area contributed by atoms with Crippen molar-refractivity contribution >= 4 is 55.8 Å². The second-order valence-electron chi connectivity index (χ2n) is 8.94. The fourth-order valence-corrected chi connectivity index (χ4v) is 6.35. The lowest BCUT2D eigenvalue weighted by Gasteiger charge is -2.45. The van der Waals surface area contributed by atoms with Gasteiger partial charge in [-0.25, -0.2) is 24.1 Å². The standard InChI is InChI=1S/C23H23Cl2N5O8P2/c24-15-3-1-5-17(8-15)37-39(31,32)35-10-14-7-20(30-13-29-21-22(26)27-12-28-23(21)30)19(14)11-36-40(33,34)38-18-6-2-4-16(25)9-18/h1-6,8-9,12-14,19-20H,7,10-11H2,(H,31,32)(H,33,34)(H2,26,27,28). The smallest absolute Gasteiger partial charge is 0.404 e. The minimum atomic E-state index is -4.57. The molecule has 1 aliphatic rings. The maximum atomic E-state index is 12.7. The van der Waals surface area contributed by atoms with Crippen LogP contribution in [-0.4, -0.2) is 42.5 Å². The molecular formula is C23H23Cl2N5O8P2. The third kappa shape index (κ3) is 6.76. The van der Waals surface area contributed by atoms with Crippen molar-refractivity contribution < 1.29 is 37.0 Å². The summed E-state index contributed by atoms with van der Waals surface area (Å²) < 4.78 is 47.9. The van der Waals surface area contributed by atoms with Gasteiger partial charge in [0.25, 0.3) is 0 Å². The van der Waals surface area contributed by atoms with E-state index in [4.69, 9.17) is 47.0 Å². The van der Waals surface area contributed by atoms with Crippen LogP contribution in [0, 0.1) is 11.8 Å². The molecule has 0 aliphatic heterocycles. The molecule has 5 atom stereocenters. The Morgan fingerprint density at radius 2 is 1.52 bits per heavy atom. The number of nitrogens with two attached hydrogens (primary N) is 1.